The van der Waals surface area contributed by atoms with Crippen LogP contribution in [-0.2, 0) is 22.3 Å². The maximum absolute atomic E-state index is 14.4. The van der Waals surface area contributed by atoms with Crippen molar-refractivity contribution in [1.82, 2.24) is 24.9 Å². The molecule has 0 amide bonds. The molecule has 230 valence electrons. The molecule has 0 radical (unpaired) electrons. The molecule has 2 aromatic heterocycles. The van der Waals surface area contributed by atoms with Crippen LogP contribution in [0.5, 0.6) is 5.75 Å². The fourth-order valence-corrected chi connectivity index (χ4v) is 4.56. The van der Waals surface area contributed by atoms with E-state index in [0.717, 1.165) is 12.1 Å². The highest BCUT2D eigenvalue weighted by Gasteiger charge is 2.36. The summed E-state index contributed by atoms with van der Waals surface area (Å²) in [5.74, 6) is -2.88. The lowest BCUT2D eigenvalue weighted by Gasteiger charge is -2.29. The molecule has 1 aliphatic rings. The highest BCUT2D eigenvalue weighted by molar-refractivity contribution is 5.82. The maximum Gasteiger partial charge on any atom is 0.417 e. The zero-order valence-electron chi connectivity index (χ0n) is 23.8. The molecule has 4 aromatic rings. The maximum atomic E-state index is 14.4. The first-order valence-electron chi connectivity index (χ1n) is 13.7. The van der Waals surface area contributed by atoms with Crippen LogP contribution in [0.15, 0.2) is 53.9 Å². The summed E-state index contributed by atoms with van der Waals surface area (Å²) >= 11 is 0. The predicted molar refractivity (Wildman–Crippen MR) is 149 cm³/mol. The Kier molecular flexibility index (Phi) is 8.61. The summed E-state index contributed by atoms with van der Waals surface area (Å²) < 4.78 is 80.8. The minimum atomic E-state index is -4.70. The number of carbonyl (C=O) groups excluding carboxylic acids is 1. The normalized spacial score (nSPS) is 13.6. The number of hydrogen-bond acceptors (Lipinski definition) is 8. The van der Waals surface area contributed by atoms with Gasteiger partial charge in [-0.2, -0.15) is 18.3 Å². The van der Waals surface area contributed by atoms with Crippen molar-refractivity contribution in [3.8, 4) is 28.5 Å². The first-order chi connectivity index (χ1) is 21.0. The molecule has 0 spiro atoms. The molecule has 9 nitrogen and oxygen atoms in total. The van der Waals surface area contributed by atoms with Crippen LogP contribution >= 0.6 is 0 Å². The fraction of sp³-hybridized carbons (Fsp3) is 0.300. The van der Waals surface area contributed by atoms with Gasteiger partial charge >= 0.3 is 12.1 Å². The average Bonchev–Trinajstić information content (AvgIpc) is 3.40. The molecule has 0 saturated heterocycles. The van der Waals surface area contributed by atoms with E-state index in [9.17, 15) is 26.7 Å². The first-order valence-corrected chi connectivity index (χ1v) is 13.7. The zero-order valence-corrected chi connectivity index (χ0v) is 23.8. The van der Waals surface area contributed by atoms with Crippen LogP contribution in [0, 0.1) is 11.6 Å². The van der Waals surface area contributed by atoms with E-state index >= 15 is 0 Å². The van der Waals surface area contributed by atoms with Gasteiger partial charge in [0.15, 0.2) is 23.5 Å². The monoisotopic (exact) mass is 614 g/mol. The smallest absolute Gasteiger partial charge is 0.417 e. The second-order valence-corrected chi connectivity index (χ2v) is 10.2. The summed E-state index contributed by atoms with van der Waals surface area (Å²) in [6.07, 6.45) is -0.730. The first kappa shape index (κ1) is 30.6. The second kappa shape index (κ2) is 12.4. The minimum Gasteiger partial charge on any atom is -0.494 e. The van der Waals surface area contributed by atoms with Gasteiger partial charge in [-0.05, 0) is 50.6 Å². The Hall–Kier alpha value is -4.88. The summed E-state index contributed by atoms with van der Waals surface area (Å²) in [5.41, 5.74) is -0.298. The predicted octanol–water partition coefficient (Wildman–Crippen LogP) is 6.46. The number of aromatic amines is 1. The van der Waals surface area contributed by atoms with Crippen LogP contribution in [0.1, 0.15) is 55.7 Å². The number of nitrogens with one attached hydrogen (secondary N) is 1. The molecule has 1 atom stereocenters. The number of rotatable bonds is 9. The molecule has 44 heavy (non-hydrogen) atoms. The molecular weight excluding hydrogens is 587 g/mol. The van der Waals surface area contributed by atoms with Gasteiger partial charge in [0, 0.05) is 23.5 Å². The van der Waals surface area contributed by atoms with Crippen molar-refractivity contribution in [2.24, 2.45) is 5.10 Å². The summed E-state index contributed by atoms with van der Waals surface area (Å²) in [5, 5.41) is 5.68. The van der Waals surface area contributed by atoms with Crippen molar-refractivity contribution >= 4 is 12.2 Å². The summed E-state index contributed by atoms with van der Waals surface area (Å²) in [6, 6.07) is 6.06. The molecule has 0 aliphatic carbocycles. The number of esters is 1. The van der Waals surface area contributed by atoms with Gasteiger partial charge in [0.1, 0.15) is 11.6 Å². The number of aromatic nitrogens is 4. The summed E-state index contributed by atoms with van der Waals surface area (Å²) in [7, 11) is 0. The number of imidazole rings is 1. The number of nitrogens with zero attached hydrogens (tertiary/aromatic N) is 5. The quantitative estimate of drug-likeness (QED) is 0.170. The van der Waals surface area contributed by atoms with Crippen LogP contribution in [0.4, 0.5) is 22.0 Å². The third-order valence-corrected chi connectivity index (χ3v) is 6.54. The van der Waals surface area contributed by atoms with E-state index in [-0.39, 0.29) is 47.2 Å². The largest absolute Gasteiger partial charge is 0.494 e. The van der Waals surface area contributed by atoms with Gasteiger partial charge in [-0.3, -0.25) is 5.01 Å². The molecule has 0 bridgehead atoms. The second-order valence-electron chi connectivity index (χ2n) is 10.2. The van der Waals surface area contributed by atoms with Gasteiger partial charge in [-0.1, -0.05) is 13.0 Å². The standard InChI is InChI=1S/C30H27F5N6O3/c1-4-10-43-18-8-9-19(21(11-18)30(33,34)35)27-36-12-17(13-37-27)26(29(42)44-16(2)3)41-15-24-23(14-38-41)39-28(40-24)20-6-5-7-22(31)25(20)32/h5-9,11-14,16,26H,4,10,15H2,1-3H3,(H,39,40). The van der Waals surface area contributed by atoms with Crippen LogP contribution in [0.25, 0.3) is 22.8 Å². The number of carbonyl (C=O) groups is 1. The third kappa shape index (κ3) is 6.38. The zero-order chi connectivity index (χ0) is 31.6. The van der Waals surface area contributed by atoms with E-state index in [0.29, 0.717) is 17.8 Å². The Balaban J connectivity index is 1.46. The topological polar surface area (TPSA) is 106 Å². The van der Waals surface area contributed by atoms with E-state index < -0.39 is 41.5 Å². The summed E-state index contributed by atoms with van der Waals surface area (Å²) in [6.45, 7) is 5.37. The Morgan fingerprint density at radius 3 is 2.52 bits per heavy atom. The average molecular weight is 615 g/mol. The van der Waals surface area contributed by atoms with Crippen molar-refractivity contribution in [3.05, 3.63) is 82.9 Å². The van der Waals surface area contributed by atoms with Gasteiger partial charge in [0.05, 0.1) is 48.0 Å². The van der Waals surface area contributed by atoms with E-state index in [4.69, 9.17) is 9.47 Å². The molecular formula is C30H27F5N6O3. The minimum absolute atomic E-state index is 0.0453. The Bertz CT molecular complexity index is 1690. The van der Waals surface area contributed by atoms with Gasteiger partial charge in [-0.25, -0.2) is 28.5 Å². The number of ether oxygens (including phenoxy) is 2. The molecule has 14 heteroatoms. The Morgan fingerprint density at radius 2 is 1.84 bits per heavy atom. The van der Waals surface area contributed by atoms with E-state index in [1.54, 1.807) is 13.8 Å². The molecule has 1 aliphatic heterocycles. The van der Waals surface area contributed by atoms with E-state index in [1.807, 2.05) is 6.92 Å². The lowest BCUT2D eigenvalue weighted by molar-refractivity contribution is -0.154. The van der Waals surface area contributed by atoms with Crippen LogP contribution in [0.3, 0.4) is 0 Å². The lowest BCUT2D eigenvalue weighted by atomic mass is 10.0. The van der Waals surface area contributed by atoms with Crippen LogP contribution in [0.2, 0.25) is 0 Å². The molecule has 2 aromatic carbocycles. The molecule has 0 fully saturated rings. The number of hydrogen-bond donors (Lipinski definition) is 1. The molecule has 0 saturated carbocycles. The van der Waals surface area contributed by atoms with E-state index in [2.05, 4.69) is 25.0 Å². The van der Waals surface area contributed by atoms with Crippen molar-refractivity contribution < 1.29 is 36.2 Å². The van der Waals surface area contributed by atoms with Crippen molar-refractivity contribution in [2.75, 3.05) is 6.61 Å². The molecule has 1 N–H and O–H groups in total. The van der Waals surface area contributed by atoms with Crippen LogP contribution in [-0.4, -0.2) is 49.8 Å². The van der Waals surface area contributed by atoms with Gasteiger partial charge in [0.25, 0.3) is 0 Å². The fourth-order valence-electron chi connectivity index (χ4n) is 4.56. The molecule has 5 rings (SSSR count). The van der Waals surface area contributed by atoms with Crippen molar-refractivity contribution in [1.29, 1.82) is 0 Å². The highest BCUT2D eigenvalue weighted by Crippen LogP contribution is 2.38. The lowest BCUT2D eigenvalue weighted by Crippen LogP contribution is -2.34. The molecule has 1 unspecified atom stereocenters. The van der Waals surface area contributed by atoms with Gasteiger partial charge in [-0.15, -0.1) is 0 Å². The van der Waals surface area contributed by atoms with E-state index in [1.165, 1.54) is 47.9 Å². The number of benzene rings is 2. The summed E-state index contributed by atoms with van der Waals surface area (Å²) in [4.78, 5) is 28.9. The number of hydrazone groups is 1. The highest BCUT2D eigenvalue weighted by atomic mass is 19.4. The Labute approximate surface area is 248 Å². The van der Waals surface area contributed by atoms with Crippen LogP contribution < -0.4 is 4.74 Å². The van der Waals surface area contributed by atoms with Gasteiger partial charge in [0.2, 0.25) is 0 Å². The van der Waals surface area contributed by atoms with Crippen molar-refractivity contribution in [2.45, 2.75) is 52.1 Å². The third-order valence-electron chi connectivity index (χ3n) is 6.54. The molecule has 3 heterocycles. The number of halogens is 5. The SMILES string of the molecule is CCCOc1ccc(-c2ncc(C(C(=O)OC(C)C)N3Cc4nc(-c5cccc(F)c5F)[nH]c4C=N3)cn2)c(C(F)(F)F)c1. The number of fused-ring (bicyclic) bond motifs is 1. The van der Waals surface area contributed by atoms with Gasteiger partial charge < -0.3 is 14.5 Å². The Morgan fingerprint density at radius 1 is 1.09 bits per heavy atom. The number of H-pyrrole nitrogens is 1. The van der Waals surface area contributed by atoms with Crippen molar-refractivity contribution in [3.63, 3.8) is 0 Å². The number of alkyl halides is 3.